The smallest absolute Gasteiger partial charge is 0.0726 e. The largest absolute Gasteiger partial charge is 0.389 e. The van der Waals surface area contributed by atoms with Crippen LogP contribution in [0.3, 0.4) is 0 Å². The third kappa shape index (κ3) is 2.90. The average molecular weight is 297 g/mol. The van der Waals surface area contributed by atoms with E-state index in [2.05, 4.69) is 68.3 Å². The van der Waals surface area contributed by atoms with Gasteiger partial charge in [0.25, 0.3) is 0 Å². The molecule has 2 aromatic rings. The molecule has 1 N–H and O–H groups in total. The van der Waals surface area contributed by atoms with Crippen molar-refractivity contribution in [2.24, 2.45) is 11.8 Å². The van der Waals surface area contributed by atoms with Gasteiger partial charge in [-0.1, -0.05) is 56.3 Å². The zero-order chi connectivity index (χ0) is 15.7. The lowest BCUT2D eigenvalue weighted by molar-refractivity contribution is -0.106. The fourth-order valence-corrected chi connectivity index (χ4v) is 4.04. The number of nitrogens with zero attached hydrogens (tertiary/aromatic N) is 1. The van der Waals surface area contributed by atoms with Crippen LogP contribution in [0, 0.1) is 11.8 Å². The van der Waals surface area contributed by atoms with Crippen molar-refractivity contribution in [3.8, 4) is 0 Å². The van der Waals surface area contributed by atoms with Crippen LogP contribution in [0.1, 0.15) is 25.8 Å². The number of rotatable bonds is 3. The van der Waals surface area contributed by atoms with Crippen LogP contribution in [0.15, 0.2) is 42.5 Å². The van der Waals surface area contributed by atoms with Gasteiger partial charge in [-0.15, -0.1) is 0 Å². The fraction of sp³-hybridized carbons (Fsp3) is 0.500. The van der Waals surface area contributed by atoms with Gasteiger partial charge in [0.1, 0.15) is 0 Å². The summed E-state index contributed by atoms with van der Waals surface area (Å²) in [6.07, 6.45) is 1.79. The molecule has 0 unspecified atom stereocenters. The molecule has 22 heavy (non-hydrogen) atoms. The Hall–Kier alpha value is -1.38. The Labute approximate surface area is 133 Å². The second-order valence-electron chi connectivity index (χ2n) is 7.20. The maximum atomic E-state index is 11.2. The molecule has 0 saturated carbocycles. The van der Waals surface area contributed by atoms with E-state index in [1.165, 1.54) is 16.3 Å². The zero-order valence-corrected chi connectivity index (χ0v) is 13.9. The molecular formula is C20H27NO. The molecular weight excluding hydrogens is 270 g/mol. The van der Waals surface area contributed by atoms with Gasteiger partial charge in [0, 0.05) is 13.1 Å². The van der Waals surface area contributed by atoms with Crippen molar-refractivity contribution in [3.05, 3.63) is 48.0 Å². The molecule has 0 aromatic heterocycles. The first-order valence-corrected chi connectivity index (χ1v) is 8.37. The van der Waals surface area contributed by atoms with Gasteiger partial charge in [-0.25, -0.2) is 0 Å². The molecule has 2 heteroatoms. The lowest BCUT2D eigenvalue weighted by Crippen LogP contribution is -2.55. The first-order valence-electron chi connectivity index (χ1n) is 8.37. The fourth-order valence-electron chi connectivity index (χ4n) is 4.04. The lowest BCUT2D eigenvalue weighted by atomic mass is 9.72. The summed E-state index contributed by atoms with van der Waals surface area (Å²) in [5.74, 6) is 0.642. The van der Waals surface area contributed by atoms with Crippen molar-refractivity contribution in [3.63, 3.8) is 0 Å². The van der Waals surface area contributed by atoms with Gasteiger partial charge in [0.2, 0.25) is 0 Å². The third-order valence-electron chi connectivity index (χ3n) is 5.51. The number of fused-ring (bicyclic) bond motifs is 1. The summed E-state index contributed by atoms with van der Waals surface area (Å²) in [5.41, 5.74) is 0.781. The first kappa shape index (κ1) is 15.5. The highest BCUT2D eigenvalue weighted by molar-refractivity contribution is 5.82. The maximum Gasteiger partial charge on any atom is 0.0726 e. The van der Waals surface area contributed by atoms with Crippen LogP contribution in [-0.2, 0) is 6.42 Å². The van der Waals surface area contributed by atoms with Crippen LogP contribution in [0.4, 0.5) is 0 Å². The molecule has 0 bridgehead atoms. The van der Waals surface area contributed by atoms with E-state index in [9.17, 15) is 5.11 Å². The molecule has 1 fully saturated rings. The van der Waals surface area contributed by atoms with Gasteiger partial charge in [-0.2, -0.15) is 0 Å². The Bertz CT molecular complexity index is 639. The number of aryl methyl sites for hydroxylation is 1. The Morgan fingerprint density at radius 1 is 1.05 bits per heavy atom. The summed E-state index contributed by atoms with van der Waals surface area (Å²) < 4.78 is 0. The molecule has 1 aliphatic rings. The van der Waals surface area contributed by atoms with Gasteiger partial charge in [0.15, 0.2) is 0 Å². The molecule has 1 heterocycles. The predicted molar refractivity (Wildman–Crippen MR) is 93.0 cm³/mol. The van der Waals surface area contributed by atoms with Crippen LogP contribution in [-0.4, -0.2) is 35.7 Å². The predicted octanol–water partition coefficient (Wildman–Crippen LogP) is 3.72. The minimum absolute atomic E-state index is 0.321. The number of likely N-dealkylation sites (tertiary alicyclic amines) is 1. The first-order chi connectivity index (χ1) is 10.5. The second-order valence-corrected chi connectivity index (χ2v) is 7.20. The van der Waals surface area contributed by atoms with E-state index in [0.29, 0.717) is 11.8 Å². The quantitative estimate of drug-likeness (QED) is 0.933. The van der Waals surface area contributed by atoms with E-state index >= 15 is 0 Å². The second kappa shape index (κ2) is 6.02. The van der Waals surface area contributed by atoms with E-state index in [1.54, 1.807) is 0 Å². The zero-order valence-electron chi connectivity index (χ0n) is 13.9. The van der Waals surface area contributed by atoms with Gasteiger partial charge in [-0.3, -0.25) is 0 Å². The van der Waals surface area contributed by atoms with Crippen LogP contribution in [0.25, 0.3) is 10.8 Å². The van der Waals surface area contributed by atoms with Crippen molar-refractivity contribution >= 4 is 10.8 Å². The van der Waals surface area contributed by atoms with E-state index in [-0.39, 0.29) is 0 Å². The monoisotopic (exact) mass is 297 g/mol. The summed E-state index contributed by atoms with van der Waals surface area (Å²) in [6, 6.07) is 15.1. The van der Waals surface area contributed by atoms with E-state index < -0.39 is 5.60 Å². The number of hydrogen-bond donors (Lipinski definition) is 1. The number of piperidine rings is 1. The minimum atomic E-state index is -0.543. The molecule has 1 saturated heterocycles. The Morgan fingerprint density at radius 2 is 1.68 bits per heavy atom. The molecule has 0 amide bonds. The van der Waals surface area contributed by atoms with Crippen molar-refractivity contribution in [1.29, 1.82) is 0 Å². The van der Waals surface area contributed by atoms with Gasteiger partial charge in [0.05, 0.1) is 5.60 Å². The van der Waals surface area contributed by atoms with Crippen molar-refractivity contribution in [1.82, 2.24) is 4.90 Å². The highest BCUT2D eigenvalue weighted by atomic mass is 16.3. The standard InChI is InChI=1S/C20H27NO/c1-15-13-21(3)14-16(2)20(15,22)11-10-17-8-9-18-6-4-5-7-19(18)12-17/h4-9,12,15-16,22H,10-11,13-14H2,1-3H3/t15-,16-/m1/s1. The summed E-state index contributed by atoms with van der Waals surface area (Å²) in [6.45, 7) is 6.34. The minimum Gasteiger partial charge on any atom is -0.389 e. The third-order valence-corrected chi connectivity index (χ3v) is 5.51. The number of benzene rings is 2. The van der Waals surface area contributed by atoms with Gasteiger partial charge in [-0.05, 0) is 48.1 Å². The Kier molecular flexibility index (Phi) is 4.24. The van der Waals surface area contributed by atoms with Crippen molar-refractivity contribution in [2.75, 3.05) is 20.1 Å². The molecule has 3 rings (SSSR count). The van der Waals surface area contributed by atoms with E-state index in [0.717, 1.165) is 25.9 Å². The molecule has 0 aliphatic carbocycles. The number of hydrogen-bond acceptors (Lipinski definition) is 2. The molecule has 1 aliphatic heterocycles. The molecule has 2 aromatic carbocycles. The molecule has 2 atom stereocenters. The Morgan fingerprint density at radius 3 is 2.36 bits per heavy atom. The van der Waals surface area contributed by atoms with Crippen LogP contribution < -0.4 is 0 Å². The van der Waals surface area contributed by atoms with Gasteiger partial charge >= 0.3 is 0 Å². The lowest BCUT2D eigenvalue weighted by Gasteiger charge is -2.47. The normalized spacial score (nSPS) is 25.5. The van der Waals surface area contributed by atoms with Crippen molar-refractivity contribution < 1.29 is 5.11 Å². The van der Waals surface area contributed by atoms with E-state index in [4.69, 9.17) is 0 Å². The summed E-state index contributed by atoms with van der Waals surface area (Å²) in [5, 5.41) is 13.7. The number of aliphatic hydroxyl groups is 1. The van der Waals surface area contributed by atoms with E-state index in [1.807, 2.05) is 0 Å². The topological polar surface area (TPSA) is 23.5 Å². The van der Waals surface area contributed by atoms with Crippen molar-refractivity contribution in [2.45, 2.75) is 32.3 Å². The highest BCUT2D eigenvalue weighted by Crippen LogP contribution is 2.36. The summed E-state index contributed by atoms with van der Waals surface area (Å²) in [7, 11) is 2.15. The highest BCUT2D eigenvalue weighted by Gasteiger charge is 2.42. The molecule has 2 nitrogen and oxygen atoms in total. The van der Waals surface area contributed by atoms with Crippen LogP contribution in [0.5, 0.6) is 0 Å². The van der Waals surface area contributed by atoms with Gasteiger partial charge < -0.3 is 10.0 Å². The molecule has 0 radical (unpaired) electrons. The molecule has 0 spiro atoms. The summed E-state index contributed by atoms with van der Waals surface area (Å²) >= 11 is 0. The summed E-state index contributed by atoms with van der Waals surface area (Å²) in [4.78, 5) is 2.33. The SMILES string of the molecule is C[C@@H]1CN(C)C[C@@H](C)C1(O)CCc1ccc2ccccc2c1. The van der Waals surface area contributed by atoms with Crippen LogP contribution in [0.2, 0.25) is 0 Å². The molecule has 118 valence electrons. The average Bonchev–Trinajstić information content (AvgIpc) is 2.50. The van der Waals surface area contributed by atoms with Crippen LogP contribution >= 0.6 is 0 Å². The Balaban J connectivity index is 1.75. The maximum absolute atomic E-state index is 11.2.